The number of hydrogen-bond donors (Lipinski definition) is 1. The second-order valence-corrected chi connectivity index (χ2v) is 5.67. The lowest BCUT2D eigenvalue weighted by Gasteiger charge is -2.37. The van der Waals surface area contributed by atoms with Crippen LogP contribution in [0.15, 0.2) is 12.4 Å². The van der Waals surface area contributed by atoms with Crippen LogP contribution in [0.4, 0.5) is 10.6 Å². The van der Waals surface area contributed by atoms with Crippen LogP contribution in [-0.4, -0.2) is 32.8 Å². The van der Waals surface area contributed by atoms with Crippen molar-refractivity contribution >= 4 is 11.9 Å². The summed E-state index contributed by atoms with van der Waals surface area (Å²) in [6.45, 7) is 5.46. The van der Waals surface area contributed by atoms with Gasteiger partial charge in [0.15, 0.2) is 0 Å². The summed E-state index contributed by atoms with van der Waals surface area (Å²) in [6, 6.07) is 1.46. The Morgan fingerprint density at radius 3 is 2.58 bits per heavy atom. The molecule has 0 atom stereocenters. The Hall–Kier alpha value is -1.85. The van der Waals surface area contributed by atoms with E-state index in [4.69, 9.17) is 4.74 Å². The number of anilines is 1. The molecule has 0 spiro atoms. The fraction of sp³-hybridized carbons (Fsp3) is 0.615. The first-order valence-corrected chi connectivity index (χ1v) is 6.40. The number of carbonyl (C=O) groups excluding carboxylic acids is 1. The van der Waals surface area contributed by atoms with Gasteiger partial charge in [0.25, 0.3) is 0 Å². The maximum Gasteiger partial charge on any atom is 0.416 e. The van der Waals surface area contributed by atoms with E-state index in [9.17, 15) is 9.90 Å². The predicted molar refractivity (Wildman–Crippen MR) is 70.0 cm³/mol. The molecule has 1 saturated carbocycles. The first-order chi connectivity index (χ1) is 8.87. The SMILES string of the molecule is CC(C)(C)OC(=O)N(c1cc(O)ncn1)C1CCC1. The molecule has 0 radical (unpaired) electrons. The fourth-order valence-electron chi connectivity index (χ4n) is 1.85. The Morgan fingerprint density at radius 1 is 1.42 bits per heavy atom. The zero-order chi connectivity index (χ0) is 14.0. The van der Waals surface area contributed by atoms with Crippen molar-refractivity contribution in [3.63, 3.8) is 0 Å². The van der Waals surface area contributed by atoms with E-state index in [0.29, 0.717) is 5.82 Å². The maximum atomic E-state index is 12.3. The predicted octanol–water partition coefficient (Wildman–Crippen LogP) is 2.48. The first-order valence-electron chi connectivity index (χ1n) is 6.40. The van der Waals surface area contributed by atoms with E-state index in [2.05, 4.69) is 9.97 Å². The maximum absolute atomic E-state index is 12.3. The van der Waals surface area contributed by atoms with Crippen LogP contribution in [0.5, 0.6) is 5.88 Å². The summed E-state index contributed by atoms with van der Waals surface area (Å²) in [4.78, 5) is 21.4. The molecule has 0 aliphatic heterocycles. The molecule has 1 amide bonds. The van der Waals surface area contributed by atoms with Crippen LogP contribution in [0.3, 0.4) is 0 Å². The smallest absolute Gasteiger partial charge is 0.416 e. The third-order valence-corrected chi connectivity index (χ3v) is 2.92. The van der Waals surface area contributed by atoms with Crippen LogP contribution in [-0.2, 0) is 4.74 Å². The van der Waals surface area contributed by atoms with Crippen molar-refractivity contribution in [1.29, 1.82) is 0 Å². The molecule has 0 bridgehead atoms. The second-order valence-electron chi connectivity index (χ2n) is 5.67. The highest BCUT2D eigenvalue weighted by Crippen LogP contribution is 2.30. The molecule has 1 fully saturated rings. The Balaban J connectivity index is 2.23. The van der Waals surface area contributed by atoms with Crippen molar-refractivity contribution in [2.75, 3.05) is 4.90 Å². The van der Waals surface area contributed by atoms with Crippen molar-refractivity contribution in [3.8, 4) is 5.88 Å². The van der Waals surface area contributed by atoms with Gasteiger partial charge in [-0.2, -0.15) is 0 Å². The molecule has 1 heterocycles. The third-order valence-electron chi connectivity index (χ3n) is 2.92. The molecule has 0 aromatic carbocycles. The third kappa shape index (κ3) is 3.33. The van der Waals surface area contributed by atoms with Crippen molar-refractivity contribution in [2.45, 2.75) is 51.7 Å². The van der Waals surface area contributed by atoms with Gasteiger partial charge in [0.2, 0.25) is 5.88 Å². The molecule has 1 aliphatic rings. The number of rotatable bonds is 2. The van der Waals surface area contributed by atoms with Gasteiger partial charge < -0.3 is 9.84 Å². The largest absolute Gasteiger partial charge is 0.493 e. The first kappa shape index (κ1) is 13.6. The quantitative estimate of drug-likeness (QED) is 0.889. The summed E-state index contributed by atoms with van der Waals surface area (Å²) in [5, 5.41) is 9.42. The average Bonchev–Trinajstić information content (AvgIpc) is 2.20. The van der Waals surface area contributed by atoms with E-state index in [0.717, 1.165) is 19.3 Å². The van der Waals surface area contributed by atoms with Gasteiger partial charge in [0.1, 0.15) is 17.7 Å². The summed E-state index contributed by atoms with van der Waals surface area (Å²) in [5.74, 6) is 0.226. The molecule has 19 heavy (non-hydrogen) atoms. The van der Waals surface area contributed by atoms with Crippen molar-refractivity contribution in [3.05, 3.63) is 12.4 Å². The molecule has 0 unspecified atom stereocenters. The summed E-state index contributed by atoms with van der Waals surface area (Å²) in [6.07, 6.45) is 3.73. The molecule has 0 saturated heterocycles. The van der Waals surface area contributed by atoms with Gasteiger partial charge in [-0.05, 0) is 40.0 Å². The number of hydrogen-bond acceptors (Lipinski definition) is 5. The second kappa shape index (κ2) is 5.03. The van der Waals surface area contributed by atoms with Gasteiger partial charge in [0, 0.05) is 12.1 Å². The van der Waals surface area contributed by atoms with Gasteiger partial charge in [-0.15, -0.1) is 0 Å². The minimum atomic E-state index is -0.561. The molecular weight excluding hydrogens is 246 g/mol. The Labute approximate surface area is 112 Å². The van der Waals surface area contributed by atoms with Gasteiger partial charge in [-0.3, -0.25) is 4.90 Å². The summed E-state index contributed by atoms with van der Waals surface area (Å²) < 4.78 is 5.40. The van der Waals surface area contributed by atoms with Crippen molar-refractivity contribution < 1.29 is 14.6 Å². The summed E-state index contributed by atoms with van der Waals surface area (Å²) in [7, 11) is 0. The number of nitrogens with zero attached hydrogens (tertiary/aromatic N) is 3. The minimum Gasteiger partial charge on any atom is -0.493 e. The fourth-order valence-corrected chi connectivity index (χ4v) is 1.85. The Bertz CT molecular complexity index is 466. The van der Waals surface area contributed by atoms with Gasteiger partial charge in [-0.1, -0.05) is 0 Å². The Morgan fingerprint density at radius 2 is 2.11 bits per heavy atom. The van der Waals surface area contributed by atoms with E-state index >= 15 is 0 Å². The molecule has 6 nitrogen and oxygen atoms in total. The van der Waals surface area contributed by atoms with Crippen LogP contribution in [0.2, 0.25) is 0 Å². The summed E-state index contributed by atoms with van der Waals surface area (Å²) >= 11 is 0. The van der Waals surface area contributed by atoms with Crippen LogP contribution >= 0.6 is 0 Å². The standard InChI is InChI=1S/C13H19N3O3/c1-13(2,3)19-12(18)16(9-5-4-6-9)10-7-11(17)15-8-14-10/h7-9H,4-6H2,1-3H3,(H,14,15,17). The zero-order valence-corrected chi connectivity index (χ0v) is 11.5. The lowest BCUT2D eigenvalue weighted by Crippen LogP contribution is -2.47. The topological polar surface area (TPSA) is 75.5 Å². The van der Waals surface area contributed by atoms with Crippen LogP contribution in [0.25, 0.3) is 0 Å². The van der Waals surface area contributed by atoms with E-state index in [1.54, 1.807) is 0 Å². The molecule has 2 rings (SSSR count). The molecular formula is C13H19N3O3. The normalized spacial score (nSPS) is 15.7. The lowest BCUT2D eigenvalue weighted by molar-refractivity contribution is 0.0548. The van der Waals surface area contributed by atoms with Crippen LogP contribution in [0, 0.1) is 0 Å². The van der Waals surface area contributed by atoms with E-state index in [1.165, 1.54) is 17.3 Å². The number of aromatic nitrogens is 2. The van der Waals surface area contributed by atoms with Crippen molar-refractivity contribution in [2.24, 2.45) is 0 Å². The molecule has 1 N–H and O–H groups in total. The molecule has 1 aliphatic carbocycles. The van der Waals surface area contributed by atoms with Gasteiger partial charge >= 0.3 is 6.09 Å². The molecule has 6 heteroatoms. The number of amides is 1. The average molecular weight is 265 g/mol. The monoisotopic (exact) mass is 265 g/mol. The molecule has 1 aromatic rings. The minimum absolute atomic E-state index is 0.0872. The van der Waals surface area contributed by atoms with Gasteiger partial charge in [0.05, 0.1) is 0 Å². The highest BCUT2D eigenvalue weighted by atomic mass is 16.6. The zero-order valence-electron chi connectivity index (χ0n) is 11.5. The van der Waals surface area contributed by atoms with Crippen LogP contribution < -0.4 is 4.90 Å². The number of carbonyl (C=O) groups is 1. The van der Waals surface area contributed by atoms with Crippen molar-refractivity contribution in [1.82, 2.24) is 9.97 Å². The van der Waals surface area contributed by atoms with Gasteiger partial charge in [-0.25, -0.2) is 14.8 Å². The summed E-state index contributed by atoms with van der Waals surface area (Å²) in [5.41, 5.74) is -0.561. The molecule has 104 valence electrons. The Kier molecular flexibility index (Phi) is 3.59. The van der Waals surface area contributed by atoms with E-state index in [1.807, 2.05) is 20.8 Å². The van der Waals surface area contributed by atoms with E-state index < -0.39 is 11.7 Å². The van der Waals surface area contributed by atoms with Crippen LogP contribution in [0.1, 0.15) is 40.0 Å². The van der Waals surface area contributed by atoms with E-state index in [-0.39, 0.29) is 11.9 Å². The molecule has 1 aromatic heterocycles. The lowest BCUT2D eigenvalue weighted by atomic mass is 9.92. The number of aromatic hydroxyl groups is 1. The highest BCUT2D eigenvalue weighted by molar-refractivity contribution is 5.87. The highest BCUT2D eigenvalue weighted by Gasteiger charge is 2.34. The number of ether oxygens (including phenoxy) is 1.